The summed E-state index contributed by atoms with van der Waals surface area (Å²) in [6.45, 7) is 1.43. The number of nitrogens with zero attached hydrogens (tertiary/aromatic N) is 4. The van der Waals surface area contributed by atoms with Gasteiger partial charge in [-0.05, 0) is 12.1 Å². The SMILES string of the molecule is O=C(Nc1cc2c(cc1N1CC3OCC31)OC(CO)C2)c1cnn2cccnc12. The Balaban J connectivity index is 1.36. The van der Waals surface area contributed by atoms with Gasteiger partial charge in [0, 0.05) is 37.0 Å². The summed E-state index contributed by atoms with van der Waals surface area (Å²) in [7, 11) is 0. The second-order valence-electron chi connectivity index (χ2n) is 7.60. The maximum Gasteiger partial charge on any atom is 0.261 e. The highest BCUT2D eigenvalue weighted by Crippen LogP contribution is 2.44. The van der Waals surface area contributed by atoms with Crippen molar-refractivity contribution in [2.24, 2.45) is 0 Å². The topological polar surface area (TPSA) is 101 Å². The van der Waals surface area contributed by atoms with Crippen LogP contribution in [0.15, 0.2) is 36.8 Å². The van der Waals surface area contributed by atoms with Crippen molar-refractivity contribution in [3.05, 3.63) is 47.9 Å². The van der Waals surface area contributed by atoms with Crippen LogP contribution in [0.2, 0.25) is 0 Å². The van der Waals surface area contributed by atoms with E-state index in [1.54, 1.807) is 23.0 Å². The minimum Gasteiger partial charge on any atom is -0.487 e. The van der Waals surface area contributed by atoms with E-state index in [0.29, 0.717) is 30.3 Å². The summed E-state index contributed by atoms with van der Waals surface area (Å²) in [6, 6.07) is 6.00. The summed E-state index contributed by atoms with van der Waals surface area (Å²) in [5.41, 5.74) is 3.52. The molecular weight excluding hydrogens is 374 g/mol. The predicted molar refractivity (Wildman–Crippen MR) is 103 cm³/mol. The van der Waals surface area contributed by atoms with E-state index in [-0.39, 0.29) is 24.7 Å². The average Bonchev–Trinajstić information content (AvgIpc) is 3.33. The first kappa shape index (κ1) is 16.8. The first-order chi connectivity index (χ1) is 14.2. The van der Waals surface area contributed by atoms with Gasteiger partial charge in [0.15, 0.2) is 5.65 Å². The standard InChI is InChI=1S/C20H19N5O4/c26-9-12-4-11-5-14(15(6-17(11)29-12)24-8-18-16(24)10-28-18)23-20(27)13-7-22-25-3-1-2-21-19(13)25/h1-3,5-7,12,16,18,26H,4,8-10H2,(H,23,27). The van der Waals surface area contributed by atoms with E-state index in [0.717, 1.165) is 29.2 Å². The minimum absolute atomic E-state index is 0.0397. The van der Waals surface area contributed by atoms with Gasteiger partial charge in [0.05, 0.1) is 42.9 Å². The fourth-order valence-corrected chi connectivity index (χ4v) is 4.22. The molecule has 9 heteroatoms. The van der Waals surface area contributed by atoms with Crippen molar-refractivity contribution in [3.63, 3.8) is 0 Å². The van der Waals surface area contributed by atoms with Gasteiger partial charge in [0.25, 0.3) is 5.91 Å². The molecule has 6 rings (SSSR count). The van der Waals surface area contributed by atoms with Crippen molar-refractivity contribution in [2.45, 2.75) is 24.7 Å². The number of rotatable bonds is 4. The normalized spacial score (nSPS) is 24.3. The van der Waals surface area contributed by atoms with E-state index in [1.807, 2.05) is 12.1 Å². The molecule has 3 aromatic rings. The van der Waals surface area contributed by atoms with Crippen LogP contribution in [0.25, 0.3) is 5.65 Å². The van der Waals surface area contributed by atoms with Crippen LogP contribution in [-0.2, 0) is 11.2 Å². The number of hydrogen-bond donors (Lipinski definition) is 2. The Kier molecular flexibility index (Phi) is 3.56. The van der Waals surface area contributed by atoms with Crippen molar-refractivity contribution >= 4 is 22.9 Å². The maximum absolute atomic E-state index is 13.0. The highest BCUT2D eigenvalue weighted by Gasteiger charge is 2.48. The number of ether oxygens (including phenoxy) is 2. The molecule has 148 valence electrons. The number of aromatic nitrogens is 3. The van der Waals surface area contributed by atoms with Gasteiger partial charge >= 0.3 is 0 Å². The zero-order valence-electron chi connectivity index (χ0n) is 15.5. The Hall–Kier alpha value is -3.17. The van der Waals surface area contributed by atoms with E-state index in [2.05, 4.69) is 20.3 Å². The van der Waals surface area contributed by atoms with Gasteiger partial charge in [0.2, 0.25) is 0 Å². The number of carbonyl (C=O) groups excluding carboxylic acids is 1. The minimum atomic E-state index is -0.264. The molecule has 0 radical (unpaired) electrons. The summed E-state index contributed by atoms with van der Waals surface area (Å²) in [5, 5.41) is 16.7. The Morgan fingerprint density at radius 1 is 1.38 bits per heavy atom. The first-order valence-electron chi connectivity index (χ1n) is 9.63. The zero-order chi connectivity index (χ0) is 19.5. The lowest BCUT2D eigenvalue weighted by Crippen LogP contribution is -2.71. The molecule has 2 aromatic heterocycles. The first-order valence-corrected chi connectivity index (χ1v) is 9.63. The maximum atomic E-state index is 13.0. The van der Waals surface area contributed by atoms with Crippen LogP contribution in [0.4, 0.5) is 11.4 Å². The Bertz CT molecular complexity index is 1130. The van der Waals surface area contributed by atoms with Crippen molar-refractivity contribution in [1.82, 2.24) is 14.6 Å². The number of fused-ring (bicyclic) bond motifs is 3. The lowest BCUT2D eigenvalue weighted by Gasteiger charge is -2.56. The van der Waals surface area contributed by atoms with Crippen LogP contribution >= 0.6 is 0 Å². The van der Waals surface area contributed by atoms with Crippen LogP contribution in [0.5, 0.6) is 5.75 Å². The second kappa shape index (κ2) is 6.16. The van der Waals surface area contributed by atoms with E-state index in [9.17, 15) is 9.90 Å². The van der Waals surface area contributed by atoms with Crippen molar-refractivity contribution in [3.8, 4) is 5.75 Å². The van der Waals surface area contributed by atoms with E-state index < -0.39 is 0 Å². The van der Waals surface area contributed by atoms with Crippen molar-refractivity contribution in [1.29, 1.82) is 0 Å². The Morgan fingerprint density at radius 2 is 2.31 bits per heavy atom. The summed E-state index contributed by atoms with van der Waals surface area (Å²) in [6.07, 6.45) is 5.55. The number of nitrogens with one attached hydrogen (secondary N) is 1. The molecule has 0 aliphatic carbocycles. The van der Waals surface area contributed by atoms with E-state index in [4.69, 9.17) is 9.47 Å². The van der Waals surface area contributed by atoms with E-state index >= 15 is 0 Å². The summed E-state index contributed by atoms with van der Waals surface area (Å²) in [5.74, 6) is 0.498. The number of morpholine rings is 1. The molecule has 3 atom stereocenters. The Labute approximate surface area is 165 Å². The molecule has 9 nitrogen and oxygen atoms in total. The molecule has 1 amide bonds. The molecule has 2 fully saturated rings. The monoisotopic (exact) mass is 393 g/mol. The summed E-state index contributed by atoms with van der Waals surface area (Å²) < 4.78 is 12.9. The van der Waals surface area contributed by atoms with Gasteiger partial charge in [0.1, 0.15) is 17.4 Å². The second-order valence-corrected chi connectivity index (χ2v) is 7.60. The smallest absolute Gasteiger partial charge is 0.261 e. The van der Waals surface area contributed by atoms with Gasteiger partial charge < -0.3 is 24.8 Å². The highest BCUT2D eigenvalue weighted by atomic mass is 16.5. The van der Waals surface area contributed by atoms with Crippen molar-refractivity contribution in [2.75, 3.05) is 30.0 Å². The predicted octanol–water partition coefficient (Wildman–Crippen LogP) is 0.865. The number of hydrogen-bond acceptors (Lipinski definition) is 7. The molecule has 5 heterocycles. The number of anilines is 2. The molecule has 0 saturated carbocycles. The number of benzene rings is 1. The third kappa shape index (κ3) is 2.51. The van der Waals surface area contributed by atoms with Gasteiger partial charge in [-0.1, -0.05) is 0 Å². The molecule has 3 aliphatic heterocycles. The number of carbonyl (C=O) groups is 1. The van der Waals surface area contributed by atoms with Crippen LogP contribution in [-0.4, -0.2) is 63.6 Å². The van der Waals surface area contributed by atoms with E-state index in [1.165, 1.54) is 6.20 Å². The van der Waals surface area contributed by atoms with Gasteiger partial charge in [-0.15, -0.1) is 0 Å². The quantitative estimate of drug-likeness (QED) is 0.678. The molecule has 2 N–H and O–H groups in total. The molecule has 3 unspecified atom stereocenters. The third-order valence-electron chi connectivity index (χ3n) is 5.89. The largest absolute Gasteiger partial charge is 0.487 e. The summed E-state index contributed by atoms with van der Waals surface area (Å²) >= 11 is 0. The lowest BCUT2D eigenvalue weighted by molar-refractivity contribution is -0.113. The van der Waals surface area contributed by atoms with Crippen LogP contribution in [0.1, 0.15) is 15.9 Å². The summed E-state index contributed by atoms with van der Waals surface area (Å²) in [4.78, 5) is 19.5. The van der Waals surface area contributed by atoms with Crippen molar-refractivity contribution < 1.29 is 19.4 Å². The number of amides is 1. The highest BCUT2D eigenvalue weighted by molar-refractivity contribution is 6.09. The Morgan fingerprint density at radius 3 is 3.07 bits per heavy atom. The molecule has 0 bridgehead atoms. The molecular formula is C20H19N5O4. The molecule has 0 spiro atoms. The van der Waals surface area contributed by atoms with Gasteiger partial charge in [-0.2, -0.15) is 5.10 Å². The molecule has 3 aliphatic rings. The molecule has 2 saturated heterocycles. The average molecular weight is 393 g/mol. The van der Waals surface area contributed by atoms with Gasteiger partial charge in [-0.3, -0.25) is 4.79 Å². The third-order valence-corrected chi connectivity index (χ3v) is 5.89. The van der Waals surface area contributed by atoms with Crippen LogP contribution in [0, 0.1) is 0 Å². The van der Waals surface area contributed by atoms with Gasteiger partial charge in [-0.25, -0.2) is 9.50 Å². The van der Waals surface area contributed by atoms with Crippen LogP contribution < -0.4 is 15.0 Å². The molecule has 1 aromatic carbocycles. The zero-order valence-corrected chi connectivity index (χ0v) is 15.5. The number of aliphatic hydroxyl groups is 1. The fourth-order valence-electron chi connectivity index (χ4n) is 4.22. The number of aliphatic hydroxyl groups excluding tert-OH is 1. The fraction of sp³-hybridized carbons (Fsp3) is 0.350. The molecule has 29 heavy (non-hydrogen) atoms. The van der Waals surface area contributed by atoms with Crippen LogP contribution in [0.3, 0.4) is 0 Å². The lowest BCUT2D eigenvalue weighted by atomic mass is 9.93.